The minimum absolute atomic E-state index is 0.202. The summed E-state index contributed by atoms with van der Waals surface area (Å²) in [6.45, 7) is 3.94. The summed E-state index contributed by atoms with van der Waals surface area (Å²) in [6.07, 6.45) is 1.86. The number of halogens is 2. The molecule has 0 aromatic heterocycles. The lowest BCUT2D eigenvalue weighted by Gasteiger charge is -2.34. The van der Waals surface area contributed by atoms with Gasteiger partial charge in [0.15, 0.2) is 0 Å². The van der Waals surface area contributed by atoms with Gasteiger partial charge in [-0.3, -0.25) is 0 Å². The van der Waals surface area contributed by atoms with Gasteiger partial charge in [-0.2, -0.15) is 0 Å². The fraction of sp³-hybridized carbons (Fsp3) is 0.500. The molecule has 0 radical (unpaired) electrons. The van der Waals surface area contributed by atoms with Crippen molar-refractivity contribution in [3.63, 3.8) is 0 Å². The molecule has 1 N–H and O–H groups in total. The van der Waals surface area contributed by atoms with E-state index < -0.39 is 0 Å². The molecule has 0 saturated carbocycles. The Morgan fingerprint density at radius 2 is 2.06 bits per heavy atom. The lowest BCUT2D eigenvalue weighted by atomic mass is 9.94. The van der Waals surface area contributed by atoms with Crippen LogP contribution in [0.1, 0.15) is 19.8 Å². The first-order valence-corrected chi connectivity index (χ1v) is 5.82. The Balaban J connectivity index is 2.13. The zero-order valence-corrected chi connectivity index (χ0v) is 9.98. The van der Waals surface area contributed by atoms with Crippen molar-refractivity contribution in [2.45, 2.75) is 25.4 Å². The van der Waals surface area contributed by atoms with Gasteiger partial charge in [-0.25, -0.2) is 4.39 Å². The van der Waals surface area contributed by atoms with Crippen LogP contribution in [-0.2, 0) is 0 Å². The number of hydrogen-bond acceptors (Lipinski definition) is 2. The number of piperidine rings is 1. The van der Waals surface area contributed by atoms with Crippen LogP contribution in [0, 0.1) is 5.82 Å². The number of ether oxygens (including phenoxy) is 1. The van der Waals surface area contributed by atoms with Gasteiger partial charge < -0.3 is 10.1 Å². The van der Waals surface area contributed by atoms with Crippen LogP contribution in [0.2, 0.25) is 5.02 Å². The number of benzene rings is 1. The fourth-order valence-corrected chi connectivity index (χ4v) is 2.09. The predicted octanol–water partition coefficient (Wildman–Crippen LogP) is 3.00. The largest absolute Gasteiger partial charge is 0.486 e. The van der Waals surface area contributed by atoms with E-state index in [0.29, 0.717) is 10.8 Å². The van der Waals surface area contributed by atoms with Gasteiger partial charge in [0.2, 0.25) is 0 Å². The first-order valence-electron chi connectivity index (χ1n) is 5.44. The Morgan fingerprint density at radius 3 is 2.69 bits per heavy atom. The molecule has 1 saturated heterocycles. The third-order valence-corrected chi connectivity index (χ3v) is 3.21. The second kappa shape index (κ2) is 4.60. The maximum absolute atomic E-state index is 12.9. The van der Waals surface area contributed by atoms with Gasteiger partial charge in [0.05, 0.1) is 5.02 Å². The summed E-state index contributed by atoms with van der Waals surface area (Å²) in [5, 5.41) is 3.61. The molecule has 0 spiro atoms. The minimum atomic E-state index is -0.340. The van der Waals surface area contributed by atoms with Crippen LogP contribution >= 0.6 is 11.6 Å². The summed E-state index contributed by atoms with van der Waals surface area (Å²) < 4.78 is 18.8. The van der Waals surface area contributed by atoms with Crippen molar-refractivity contribution in [2.24, 2.45) is 0 Å². The molecule has 1 aliphatic heterocycles. The van der Waals surface area contributed by atoms with Crippen molar-refractivity contribution in [2.75, 3.05) is 13.1 Å². The molecular formula is C12H15ClFNO. The number of rotatable bonds is 2. The molecule has 88 valence electrons. The molecule has 1 aromatic carbocycles. The Hall–Kier alpha value is -0.800. The summed E-state index contributed by atoms with van der Waals surface area (Å²) in [7, 11) is 0. The topological polar surface area (TPSA) is 21.3 Å². The molecular weight excluding hydrogens is 229 g/mol. The van der Waals surface area contributed by atoms with Crippen LogP contribution < -0.4 is 10.1 Å². The van der Waals surface area contributed by atoms with Crippen LogP contribution in [-0.4, -0.2) is 18.7 Å². The third-order valence-electron chi connectivity index (χ3n) is 2.91. The lowest BCUT2D eigenvalue weighted by molar-refractivity contribution is 0.0556. The van der Waals surface area contributed by atoms with Crippen LogP contribution in [0.15, 0.2) is 18.2 Å². The highest BCUT2D eigenvalue weighted by atomic mass is 35.5. The van der Waals surface area contributed by atoms with Crippen LogP contribution in [0.5, 0.6) is 5.75 Å². The average Bonchev–Trinajstić information content (AvgIpc) is 2.23. The van der Waals surface area contributed by atoms with E-state index in [-0.39, 0.29) is 11.4 Å². The van der Waals surface area contributed by atoms with Crippen molar-refractivity contribution in [1.82, 2.24) is 5.32 Å². The van der Waals surface area contributed by atoms with E-state index >= 15 is 0 Å². The molecule has 0 aliphatic carbocycles. The Morgan fingerprint density at radius 1 is 1.38 bits per heavy atom. The highest BCUT2D eigenvalue weighted by Gasteiger charge is 2.29. The highest BCUT2D eigenvalue weighted by Crippen LogP contribution is 2.31. The van der Waals surface area contributed by atoms with E-state index in [1.807, 2.05) is 0 Å². The standard InChI is InChI=1S/C12H15ClFNO/c1-12(4-6-15-7-5-12)16-11-3-2-9(14)8-10(11)13/h2-3,8,15H,4-7H2,1H3. The highest BCUT2D eigenvalue weighted by molar-refractivity contribution is 6.32. The van der Waals surface area contributed by atoms with Crippen molar-refractivity contribution in [3.05, 3.63) is 29.0 Å². The van der Waals surface area contributed by atoms with Crippen LogP contribution in [0.25, 0.3) is 0 Å². The first kappa shape index (κ1) is 11.7. The molecule has 1 heterocycles. The summed E-state index contributed by atoms with van der Waals surface area (Å²) in [5.74, 6) is 0.222. The Kier molecular flexibility index (Phi) is 3.36. The normalized spacial score (nSPS) is 19.4. The van der Waals surface area contributed by atoms with Crippen molar-refractivity contribution >= 4 is 11.6 Å². The molecule has 1 aromatic rings. The minimum Gasteiger partial charge on any atom is -0.486 e. The van der Waals surface area contributed by atoms with Gasteiger partial charge in [0.25, 0.3) is 0 Å². The second-order valence-corrected chi connectivity index (χ2v) is 4.78. The Bertz CT molecular complexity index is 377. The van der Waals surface area contributed by atoms with E-state index in [9.17, 15) is 4.39 Å². The van der Waals surface area contributed by atoms with Crippen molar-refractivity contribution in [3.8, 4) is 5.75 Å². The van der Waals surface area contributed by atoms with E-state index in [0.717, 1.165) is 25.9 Å². The number of nitrogens with one attached hydrogen (secondary N) is 1. The predicted molar refractivity (Wildman–Crippen MR) is 62.5 cm³/mol. The summed E-state index contributed by atoms with van der Waals surface area (Å²) >= 11 is 5.93. The van der Waals surface area contributed by atoms with Crippen molar-refractivity contribution in [1.29, 1.82) is 0 Å². The van der Waals surface area contributed by atoms with Gasteiger partial charge in [0, 0.05) is 0 Å². The maximum Gasteiger partial charge on any atom is 0.138 e. The monoisotopic (exact) mass is 243 g/mol. The zero-order valence-electron chi connectivity index (χ0n) is 9.22. The molecule has 0 unspecified atom stereocenters. The maximum atomic E-state index is 12.9. The van der Waals surface area contributed by atoms with Crippen molar-refractivity contribution < 1.29 is 9.13 Å². The molecule has 0 atom stereocenters. The Labute approximate surface area is 99.7 Å². The molecule has 2 nitrogen and oxygen atoms in total. The van der Waals surface area contributed by atoms with Gasteiger partial charge in [-0.1, -0.05) is 11.6 Å². The molecule has 16 heavy (non-hydrogen) atoms. The zero-order chi connectivity index (χ0) is 11.6. The summed E-state index contributed by atoms with van der Waals surface area (Å²) in [5.41, 5.74) is -0.202. The molecule has 1 fully saturated rings. The van der Waals surface area contributed by atoms with Crippen LogP contribution in [0.3, 0.4) is 0 Å². The summed E-state index contributed by atoms with van der Waals surface area (Å²) in [6, 6.07) is 4.23. The van der Waals surface area contributed by atoms with E-state index in [1.54, 1.807) is 6.07 Å². The molecule has 2 rings (SSSR count). The summed E-state index contributed by atoms with van der Waals surface area (Å²) in [4.78, 5) is 0. The quantitative estimate of drug-likeness (QED) is 0.862. The average molecular weight is 244 g/mol. The fourth-order valence-electron chi connectivity index (χ4n) is 1.88. The first-order chi connectivity index (χ1) is 7.59. The lowest BCUT2D eigenvalue weighted by Crippen LogP contribution is -2.43. The number of hydrogen-bond donors (Lipinski definition) is 1. The second-order valence-electron chi connectivity index (χ2n) is 4.38. The van der Waals surface area contributed by atoms with Gasteiger partial charge >= 0.3 is 0 Å². The van der Waals surface area contributed by atoms with Gasteiger partial charge in [-0.15, -0.1) is 0 Å². The van der Waals surface area contributed by atoms with Gasteiger partial charge in [-0.05, 0) is 51.1 Å². The SMILES string of the molecule is CC1(Oc2ccc(F)cc2Cl)CCNCC1. The smallest absolute Gasteiger partial charge is 0.138 e. The molecule has 0 amide bonds. The molecule has 0 bridgehead atoms. The third kappa shape index (κ3) is 2.66. The van der Waals surface area contributed by atoms with E-state index in [4.69, 9.17) is 16.3 Å². The van der Waals surface area contributed by atoms with Gasteiger partial charge in [0.1, 0.15) is 17.2 Å². The van der Waals surface area contributed by atoms with E-state index in [1.165, 1.54) is 12.1 Å². The molecule has 1 aliphatic rings. The van der Waals surface area contributed by atoms with Crippen LogP contribution in [0.4, 0.5) is 4.39 Å². The van der Waals surface area contributed by atoms with E-state index in [2.05, 4.69) is 12.2 Å². The molecule has 4 heteroatoms.